The largest absolute Gasteiger partial charge is 1.00 e. The van der Waals surface area contributed by atoms with E-state index in [1.807, 2.05) is 6.07 Å². The summed E-state index contributed by atoms with van der Waals surface area (Å²) in [5.41, 5.74) is 4.92. The number of hydrogen-bond donors (Lipinski definition) is 2. The third kappa shape index (κ3) is 5.92. The van der Waals surface area contributed by atoms with Gasteiger partial charge in [0.1, 0.15) is 15.5 Å². The van der Waals surface area contributed by atoms with Gasteiger partial charge in [0.2, 0.25) is 10.9 Å². The molecular weight excluding hydrogens is 407 g/mol. The summed E-state index contributed by atoms with van der Waals surface area (Å²) in [4.78, 5) is 24.0. The van der Waals surface area contributed by atoms with E-state index in [9.17, 15) is 22.6 Å². The molecule has 0 amide bonds. The summed E-state index contributed by atoms with van der Waals surface area (Å²) in [6, 6.07) is 16.1. The first kappa shape index (κ1) is 22.7. The smallest absolute Gasteiger partial charge is 0.744 e. The van der Waals surface area contributed by atoms with Crippen LogP contribution in [0, 0.1) is 0 Å². The van der Waals surface area contributed by atoms with Gasteiger partial charge in [0, 0.05) is 0 Å². The molecule has 0 heterocycles. The van der Waals surface area contributed by atoms with Crippen LogP contribution in [-0.2, 0) is 10.1 Å². The molecule has 142 valence electrons. The van der Waals surface area contributed by atoms with Crippen molar-refractivity contribution in [2.75, 3.05) is 10.9 Å². The normalized spacial score (nSPS) is 12.3. The summed E-state index contributed by atoms with van der Waals surface area (Å²) >= 11 is 0. The van der Waals surface area contributed by atoms with Gasteiger partial charge in [-0.3, -0.25) is 20.4 Å². The molecule has 0 aliphatic heterocycles. The molecule has 3 aromatic rings. The zero-order valence-electron chi connectivity index (χ0n) is 15.2. The van der Waals surface area contributed by atoms with Gasteiger partial charge in [-0.25, -0.2) is 8.42 Å². The van der Waals surface area contributed by atoms with Crippen LogP contribution in [0.25, 0.3) is 0 Å². The maximum absolute atomic E-state index is 12.4. The van der Waals surface area contributed by atoms with E-state index in [-0.39, 0.29) is 45.2 Å². The molecule has 0 unspecified atom stereocenters. The standard InChI is InChI=1S/C18H14N4O5S.Na/c23-16-11-10-15(18(24)17(16)22-20-12-4-2-1-3-5-12)21-19-13-6-8-14(9-7-13)28(25,26)27;/h1-11,19-20H,(H,25,26,27);/q;+1/p-1/b21-15-,22-17+;. The molecule has 0 aromatic heterocycles. The van der Waals surface area contributed by atoms with Gasteiger partial charge < -0.3 is 4.55 Å². The van der Waals surface area contributed by atoms with E-state index in [2.05, 4.69) is 21.1 Å². The second-order valence-electron chi connectivity index (χ2n) is 5.55. The predicted octanol–water partition coefficient (Wildman–Crippen LogP) is -2.95. The Labute approximate surface area is 187 Å². The van der Waals surface area contributed by atoms with Gasteiger partial charge in [-0.05, 0) is 48.5 Å². The van der Waals surface area contributed by atoms with Crippen molar-refractivity contribution in [2.24, 2.45) is 10.2 Å². The number of benzene rings is 3. The number of hydrogen-bond acceptors (Lipinski definition) is 9. The van der Waals surface area contributed by atoms with Crippen molar-refractivity contribution in [2.45, 2.75) is 4.90 Å². The number of para-hydroxylation sites is 1. The van der Waals surface area contributed by atoms with Crippen molar-refractivity contribution < 1.29 is 42.5 Å². The van der Waals surface area contributed by atoms with Gasteiger partial charge in [-0.15, -0.1) is 0 Å². The quantitative estimate of drug-likeness (QED) is 0.255. The Kier molecular flexibility index (Phi) is 7.59. The molecule has 0 saturated heterocycles. The Bertz CT molecular complexity index is 1320. The summed E-state index contributed by atoms with van der Waals surface area (Å²) < 4.78 is 32.7. The van der Waals surface area contributed by atoms with Crippen LogP contribution >= 0.6 is 0 Å². The van der Waals surface area contributed by atoms with Crippen LogP contribution in [0.5, 0.6) is 0 Å². The summed E-state index contributed by atoms with van der Waals surface area (Å²) in [5, 5.41) is 7.39. The fraction of sp³-hybridized carbons (Fsp3) is 0. The fourth-order valence-corrected chi connectivity index (χ4v) is 2.66. The molecule has 0 radical (unpaired) electrons. The molecule has 0 saturated carbocycles. The molecule has 0 fully saturated rings. The molecule has 3 aromatic carbocycles. The van der Waals surface area contributed by atoms with Gasteiger partial charge in [-0.1, -0.05) is 18.2 Å². The van der Waals surface area contributed by atoms with Crippen molar-refractivity contribution in [1.29, 1.82) is 0 Å². The summed E-state index contributed by atoms with van der Waals surface area (Å²) in [6.45, 7) is 0. The zero-order valence-corrected chi connectivity index (χ0v) is 18.0. The van der Waals surface area contributed by atoms with Crippen molar-refractivity contribution in [3.63, 3.8) is 0 Å². The third-order valence-corrected chi connectivity index (χ3v) is 4.44. The molecule has 0 bridgehead atoms. The van der Waals surface area contributed by atoms with Crippen LogP contribution in [-0.4, -0.2) is 13.0 Å². The van der Waals surface area contributed by atoms with Gasteiger partial charge in [0.05, 0.1) is 16.3 Å². The Morgan fingerprint density at radius 1 is 0.759 bits per heavy atom. The van der Waals surface area contributed by atoms with E-state index in [0.717, 1.165) is 12.1 Å². The maximum atomic E-state index is 12.4. The average molecular weight is 420 g/mol. The minimum absolute atomic E-state index is 0. The first-order chi connectivity index (χ1) is 13.3. The molecule has 0 atom stereocenters. The average Bonchev–Trinajstić information content (AvgIpc) is 2.68. The summed E-state index contributed by atoms with van der Waals surface area (Å²) in [5.74, 6) is 0. The SMILES string of the molecule is O=c1cc/c(=N/Nc2ccc(S(=O)(=O)[O-])cc2)c(=O)/c1=N/Nc1ccccc1.[Na+]. The maximum Gasteiger partial charge on any atom is 1.00 e. The van der Waals surface area contributed by atoms with E-state index in [4.69, 9.17) is 0 Å². The monoisotopic (exact) mass is 420 g/mol. The van der Waals surface area contributed by atoms with Crippen molar-refractivity contribution in [3.05, 3.63) is 97.9 Å². The fourth-order valence-electron chi connectivity index (χ4n) is 2.19. The van der Waals surface area contributed by atoms with E-state index in [1.165, 1.54) is 24.3 Å². The van der Waals surface area contributed by atoms with Crippen LogP contribution in [0.1, 0.15) is 0 Å². The summed E-state index contributed by atoms with van der Waals surface area (Å²) in [7, 11) is -4.55. The molecule has 0 aliphatic carbocycles. The van der Waals surface area contributed by atoms with E-state index < -0.39 is 21.0 Å². The molecule has 29 heavy (non-hydrogen) atoms. The molecule has 9 nitrogen and oxygen atoms in total. The second-order valence-corrected chi connectivity index (χ2v) is 6.93. The van der Waals surface area contributed by atoms with Gasteiger partial charge in [0.25, 0.3) is 0 Å². The van der Waals surface area contributed by atoms with Crippen molar-refractivity contribution in [1.82, 2.24) is 0 Å². The first-order valence-corrected chi connectivity index (χ1v) is 9.31. The molecule has 0 spiro atoms. The Balaban J connectivity index is 0.00000300. The van der Waals surface area contributed by atoms with Crippen molar-refractivity contribution in [3.8, 4) is 0 Å². The van der Waals surface area contributed by atoms with E-state index in [1.54, 1.807) is 24.3 Å². The minimum atomic E-state index is -4.55. The molecule has 2 N–H and O–H groups in total. The number of nitrogens with zero attached hydrogens (tertiary/aromatic N) is 2. The van der Waals surface area contributed by atoms with Crippen LogP contribution in [0.4, 0.5) is 11.4 Å². The van der Waals surface area contributed by atoms with Crippen LogP contribution in [0.15, 0.2) is 91.4 Å². The van der Waals surface area contributed by atoms with Crippen LogP contribution in [0.2, 0.25) is 0 Å². The third-order valence-electron chi connectivity index (χ3n) is 3.59. The molecule has 0 aliphatic rings. The number of anilines is 2. The topological polar surface area (TPSA) is 140 Å². The summed E-state index contributed by atoms with van der Waals surface area (Å²) in [6.07, 6.45) is 0. The Morgan fingerprint density at radius 2 is 1.34 bits per heavy atom. The Morgan fingerprint density at radius 3 is 1.97 bits per heavy atom. The second kappa shape index (κ2) is 9.72. The number of rotatable bonds is 5. The van der Waals surface area contributed by atoms with E-state index in [0.29, 0.717) is 11.4 Å². The number of nitrogens with one attached hydrogen (secondary N) is 2. The molecular formula is C18H13N4NaO5S. The van der Waals surface area contributed by atoms with E-state index >= 15 is 0 Å². The van der Waals surface area contributed by atoms with Gasteiger partial charge >= 0.3 is 29.6 Å². The van der Waals surface area contributed by atoms with Crippen LogP contribution < -0.4 is 62.0 Å². The van der Waals surface area contributed by atoms with Crippen molar-refractivity contribution >= 4 is 21.5 Å². The van der Waals surface area contributed by atoms with Crippen LogP contribution in [0.3, 0.4) is 0 Å². The van der Waals surface area contributed by atoms with Gasteiger partial charge in [0.15, 0.2) is 5.36 Å². The first-order valence-electron chi connectivity index (χ1n) is 7.90. The molecule has 11 heteroatoms. The molecule has 3 rings (SSSR count). The predicted molar refractivity (Wildman–Crippen MR) is 101 cm³/mol. The zero-order chi connectivity index (χ0) is 20.1. The van der Waals surface area contributed by atoms with Gasteiger partial charge in [-0.2, -0.15) is 10.2 Å². The minimum Gasteiger partial charge on any atom is -0.744 e. The Hall–Kier alpha value is -2.63.